The first-order valence-corrected chi connectivity index (χ1v) is 6.31. The molecule has 0 radical (unpaired) electrons. The maximum absolute atomic E-state index is 12.0. The van der Waals surface area contributed by atoms with Crippen LogP contribution in [0.5, 0.6) is 5.88 Å². The highest BCUT2D eigenvalue weighted by Crippen LogP contribution is 2.22. The van der Waals surface area contributed by atoms with E-state index in [1.807, 2.05) is 4.98 Å². The summed E-state index contributed by atoms with van der Waals surface area (Å²) in [6.45, 7) is 1.70. The number of benzene rings is 1. The third kappa shape index (κ3) is 2.55. The van der Waals surface area contributed by atoms with Crippen molar-refractivity contribution in [3.8, 4) is 11.6 Å². The number of aromatic amines is 1. The molecule has 0 aliphatic heterocycles. The molecule has 0 unspecified atom stereocenters. The van der Waals surface area contributed by atoms with Crippen molar-refractivity contribution < 1.29 is 9.90 Å². The second-order valence-electron chi connectivity index (χ2n) is 4.30. The summed E-state index contributed by atoms with van der Waals surface area (Å²) in [5.74, 6) is -1.55. The zero-order valence-electron chi connectivity index (χ0n) is 11.2. The Balaban J connectivity index is 2.87. The van der Waals surface area contributed by atoms with Gasteiger partial charge >= 0.3 is 5.69 Å². The zero-order chi connectivity index (χ0) is 15.7. The van der Waals surface area contributed by atoms with Crippen LogP contribution in [0.2, 0.25) is 5.02 Å². The van der Waals surface area contributed by atoms with Crippen molar-refractivity contribution in [3.63, 3.8) is 0 Å². The first kappa shape index (κ1) is 14.9. The maximum Gasteiger partial charge on any atom is 0.335 e. The monoisotopic (exact) mass is 309 g/mol. The first-order chi connectivity index (χ1) is 9.86. The third-order valence-corrected chi connectivity index (χ3v) is 3.19. The number of carbonyl (C=O) groups is 1. The molecule has 0 saturated carbocycles. The molecule has 0 atom stereocenters. The fraction of sp³-hybridized carbons (Fsp3) is 0.154. The van der Waals surface area contributed by atoms with Crippen LogP contribution in [-0.2, 0) is 0 Å². The predicted molar refractivity (Wildman–Crippen MR) is 77.5 cm³/mol. The number of halogens is 1. The van der Waals surface area contributed by atoms with Crippen LogP contribution in [0.1, 0.15) is 15.9 Å². The largest absolute Gasteiger partial charge is 0.493 e. The van der Waals surface area contributed by atoms with Crippen LogP contribution >= 0.6 is 11.6 Å². The van der Waals surface area contributed by atoms with Gasteiger partial charge in [0.05, 0.1) is 5.69 Å². The Hall–Kier alpha value is -2.54. The number of H-pyrrole nitrogens is 1. The highest BCUT2D eigenvalue weighted by molar-refractivity contribution is 6.30. The average molecular weight is 310 g/mol. The lowest BCUT2D eigenvalue weighted by molar-refractivity contribution is 0.0957. The minimum atomic E-state index is -0.965. The summed E-state index contributed by atoms with van der Waals surface area (Å²) in [7, 11) is 1.31. The van der Waals surface area contributed by atoms with Gasteiger partial charge in [-0.3, -0.25) is 14.6 Å². The van der Waals surface area contributed by atoms with Gasteiger partial charge in [0, 0.05) is 12.1 Å². The van der Waals surface area contributed by atoms with Gasteiger partial charge < -0.3 is 10.4 Å². The fourth-order valence-electron chi connectivity index (χ4n) is 1.90. The standard InChI is InChI=1S/C13H12ClN3O4/c1-6-3-4-7(14)5-8(6)17-12(20)9(10(18)15-2)11(19)16-13(17)21/h3-5,20H,1-2H3,(H,15,18)(H,16,19,21). The normalized spacial score (nSPS) is 10.4. The molecule has 110 valence electrons. The lowest BCUT2D eigenvalue weighted by Gasteiger charge is -2.13. The van der Waals surface area contributed by atoms with Gasteiger partial charge in [-0.2, -0.15) is 0 Å². The second-order valence-corrected chi connectivity index (χ2v) is 4.74. The Morgan fingerprint density at radius 2 is 2.05 bits per heavy atom. The Labute approximate surface area is 123 Å². The number of aromatic hydroxyl groups is 1. The van der Waals surface area contributed by atoms with Gasteiger partial charge in [0.1, 0.15) is 0 Å². The van der Waals surface area contributed by atoms with E-state index in [1.54, 1.807) is 19.1 Å². The topological polar surface area (TPSA) is 104 Å². The molecule has 7 nitrogen and oxygen atoms in total. The van der Waals surface area contributed by atoms with Gasteiger partial charge in [0.25, 0.3) is 11.5 Å². The van der Waals surface area contributed by atoms with Gasteiger partial charge in [-0.1, -0.05) is 17.7 Å². The van der Waals surface area contributed by atoms with E-state index < -0.39 is 28.6 Å². The molecule has 8 heteroatoms. The molecule has 0 bridgehead atoms. The van der Waals surface area contributed by atoms with Crippen LogP contribution in [0.25, 0.3) is 5.69 Å². The molecule has 0 spiro atoms. The molecule has 1 aromatic carbocycles. The lowest BCUT2D eigenvalue weighted by Crippen LogP contribution is -2.36. The second kappa shape index (κ2) is 5.45. The van der Waals surface area contributed by atoms with Gasteiger partial charge in [0.2, 0.25) is 5.88 Å². The van der Waals surface area contributed by atoms with E-state index in [0.29, 0.717) is 10.6 Å². The van der Waals surface area contributed by atoms with Crippen molar-refractivity contribution in [1.29, 1.82) is 0 Å². The smallest absolute Gasteiger partial charge is 0.335 e. The minimum Gasteiger partial charge on any atom is -0.493 e. The maximum atomic E-state index is 12.0. The summed E-state index contributed by atoms with van der Waals surface area (Å²) in [6.07, 6.45) is 0. The Morgan fingerprint density at radius 3 is 2.67 bits per heavy atom. The van der Waals surface area contributed by atoms with Crippen molar-refractivity contribution in [1.82, 2.24) is 14.9 Å². The molecule has 1 aromatic heterocycles. The van der Waals surface area contributed by atoms with E-state index in [0.717, 1.165) is 4.57 Å². The quantitative estimate of drug-likeness (QED) is 0.753. The fourth-order valence-corrected chi connectivity index (χ4v) is 2.07. The summed E-state index contributed by atoms with van der Waals surface area (Å²) < 4.78 is 0.827. The van der Waals surface area contributed by atoms with Crippen LogP contribution in [0.4, 0.5) is 0 Å². The molecule has 2 aromatic rings. The first-order valence-electron chi connectivity index (χ1n) is 5.93. The number of nitrogens with zero attached hydrogens (tertiary/aromatic N) is 1. The number of rotatable bonds is 2. The van der Waals surface area contributed by atoms with E-state index in [2.05, 4.69) is 5.32 Å². The number of aromatic nitrogens is 2. The van der Waals surface area contributed by atoms with E-state index >= 15 is 0 Å². The van der Waals surface area contributed by atoms with Gasteiger partial charge in [-0.25, -0.2) is 9.36 Å². The molecule has 0 aliphatic rings. The molecule has 2 rings (SSSR count). The van der Waals surface area contributed by atoms with Crippen LogP contribution in [0, 0.1) is 6.92 Å². The Morgan fingerprint density at radius 1 is 1.38 bits per heavy atom. The lowest BCUT2D eigenvalue weighted by atomic mass is 10.2. The van der Waals surface area contributed by atoms with Gasteiger partial charge in [-0.05, 0) is 24.6 Å². The minimum absolute atomic E-state index is 0.270. The molecular formula is C13H12ClN3O4. The highest BCUT2D eigenvalue weighted by atomic mass is 35.5. The van der Waals surface area contributed by atoms with Crippen molar-refractivity contribution in [2.24, 2.45) is 0 Å². The number of hydrogen-bond acceptors (Lipinski definition) is 4. The summed E-state index contributed by atoms with van der Waals surface area (Å²) in [4.78, 5) is 37.3. The molecule has 21 heavy (non-hydrogen) atoms. The number of aryl methyl sites for hydroxylation is 1. The van der Waals surface area contributed by atoms with Crippen molar-refractivity contribution in [3.05, 3.63) is 55.2 Å². The summed E-state index contributed by atoms with van der Waals surface area (Å²) in [5, 5.41) is 12.7. The molecule has 0 aliphatic carbocycles. The average Bonchev–Trinajstić information content (AvgIpc) is 2.41. The number of amides is 1. The summed E-state index contributed by atoms with van der Waals surface area (Å²) in [6, 6.07) is 4.71. The van der Waals surface area contributed by atoms with Crippen LogP contribution in [0.3, 0.4) is 0 Å². The number of hydrogen-bond donors (Lipinski definition) is 3. The van der Waals surface area contributed by atoms with E-state index in [1.165, 1.54) is 13.1 Å². The Kier molecular flexibility index (Phi) is 3.86. The van der Waals surface area contributed by atoms with E-state index in [-0.39, 0.29) is 5.69 Å². The highest BCUT2D eigenvalue weighted by Gasteiger charge is 2.21. The molecule has 0 saturated heterocycles. The number of carbonyl (C=O) groups excluding carboxylic acids is 1. The van der Waals surface area contributed by atoms with Crippen LogP contribution < -0.4 is 16.6 Å². The number of nitrogens with one attached hydrogen (secondary N) is 2. The van der Waals surface area contributed by atoms with Crippen molar-refractivity contribution >= 4 is 17.5 Å². The molecular weight excluding hydrogens is 298 g/mol. The van der Waals surface area contributed by atoms with E-state index in [4.69, 9.17) is 11.6 Å². The SMILES string of the molecule is CNC(=O)c1c(O)n(-c2cc(Cl)ccc2C)c(=O)[nH]c1=O. The predicted octanol–water partition coefficient (Wildman–Crippen LogP) is 0.553. The molecule has 3 N–H and O–H groups in total. The molecule has 0 fully saturated rings. The molecule has 1 amide bonds. The van der Waals surface area contributed by atoms with Crippen molar-refractivity contribution in [2.45, 2.75) is 6.92 Å². The summed E-state index contributed by atoms with van der Waals surface area (Å²) in [5.41, 5.74) is -1.47. The molecule has 1 heterocycles. The zero-order valence-corrected chi connectivity index (χ0v) is 12.0. The summed E-state index contributed by atoms with van der Waals surface area (Å²) >= 11 is 5.88. The van der Waals surface area contributed by atoms with Gasteiger partial charge in [-0.15, -0.1) is 0 Å². The van der Waals surface area contributed by atoms with Crippen molar-refractivity contribution in [2.75, 3.05) is 7.05 Å². The van der Waals surface area contributed by atoms with Crippen LogP contribution in [-0.4, -0.2) is 27.6 Å². The Bertz CT molecular complexity index is 838. The van der Waals surface area contributed by atoms with Gasteiger partial charge in [0.15, 0.2) is 5.56 Å². The van der Waals surface area contributed by atoms with E-state index in [9.17, 15) is 19.5 Å². The van der Waals surface area contributed by atoms with Crippen LogP contribution in [0.15, 0.2) is 27.8 Å². The third-order valence-electron chi connectivity index (χ3n) is 2.95.